The van der Waals surface area contributed by atoms with E-state index in [1.54, 1.807) is 5.48 Å². The van der Waals surface area contributed by atoms with Crippen LogP contribution in [0.15, 0.2) is 24.3 Å². The standard InChI is InChI=1S/C26H37N7O5/c34-22(6-4-2-1-3-5-7-23(35)31-36)27-21-10-8-20(9-11-21)24-28-25(32-12-16-37-17-13-32)30-26(29-24)33-14-18-38-19-15-33/h8-11,36H,1-7,12-19H2,(H,27,34)(H,31,35). The third-order valence-electron chi connectivity index (χ3n) is 6.56. The minimum atomic E-state index is -0.360. The van der Waals surface area contributed by atoms with E-state index in [-0.39, 0.29) is 11.8 Å². The molecule has 1 aromatic heterocycles. The molecule has 2 saturated heterocycles. The van der Waals surface area contributed by atoms with Crippen LogP contribution in [0, 0.1) is 0 Å². The highest BCUT2D eigenvalue weighted by Crippen LogP contribution is 2.24. The van der Waals surface area contributed by atoms with Gasteiger partial charge in [-0.15, -0.1) is 0 Å². The fraction of sp³-hybridized carbons (Fsp3) is 0.577. The number of carbonyl (C=O) groups is 2. The summed E-state index contributed by atoms with van der Waals surface area (Å²) in [5, 5.41) is 11.4. The summed E-state index contributed by atoms with van der Waals surface area (Å²) in [6, 6.07) is 7.57. The number of hydrogen-bond acceptors (Lipinski definition) is 10. The second kappa shape index (κ2) is 14.6. The Bertz CT molecular complexity index is 1000. The molecule has 3 N–H and O–H groups in total. The highest BCUT2D eigenvalue weighted by Gasteiger charge is 2.21. The Balaban J connectivity index is 1.32. The van der Waals surface area contributed by atoms with E-state index in [4.69, 9.17) is 29.6 Å². The number of anilines is 3. The topological polar surface area (TPSA) is 142 Å². The molecule has 2 aliphatic heterocycles. The number of amides is 2. The number of benzene rings is 1. The first kappa shape index (κ1) is 27.7. The summed E-state index contributed by atoms with van der Waals surface area (Å²) in [6.45, 7) is 5.51. The van der Waals surface area contributed by atoms with Crippen LogP contribution >= 0.6 is 0 Å². The van der Waals surface area contributed by atoms with Crippen LogP contribution < -0.4 is 20.6 Å². The van der Waals surface area contributed by atoms with Gasteiger partial charge in [-0.25, -0.2) is 5.48 Å². The van der Waals surface area contributed by atoms with Crippen molar-refractivity contribution in [3.05, 3.63) is 24.3 Å². The number of morpholine rings is 2. The molecular weight excluding hydrogens is 490 g/mol. The predicted molar refractivity (Wildman–Crippen MR) is 142 cm³/mol. The molecular formula is C26H37N7O5. The van der Waals surface area contributed by atoms with Gasteiger partial charge in [0.1, 0.15) is 0 Å². The van der Waals surface area contributed by atoms with E-state index in [9.17, 15) is 9.59 Å². The highest BCUT2D eigenvalue weighted by atomic mass is 16.5. The molecule has 12 nitrogen and oxygen atoms in total. The maximum absolute atomic E-state index is 12.4. The monoisotopic (exact) mass is 527 g/mol. The number of nitrogens with zero attached hydrogens (tertiary/aromatic N) is 5. The number of nitrogens with one attached hydrogen (secondary N) is 2. The van der Waals surface area contributed by atoms with Crippen molar-refractivity contribution < 1.29 is 24.3 Å². The lowest BCUT2D eigenvalue weighted by atomic mass is 10.1. The summed E-state index contributed by atoms with van der Waals surface area (Å²) in [5.74, 6) is 1.50. The summed E-state index contributed by atoms with van der Waals surface area (Å²) < 4.78 is 11.0. The van der Waals surface area contributed by atoms with Crippen molar-refractivity contribution >= 4 is 29.4 Å². The van der Waals surface area contributed by atoms with Crippen LogP contribution in [0.4, 0.5) is 17.6 Å². The Kier molecular flexibility index (Phi) is 10.6. The second-order valence-corrected chi connectivity index (χ2v) is 9.39. The van der Waals surface area contributed by atoms with Crippen LogP contribution in [-0.2, 0) is 19.1 Å². The molecule has 2 aliphatic rings. The van der Waals surface area contributed by atoms with E-state index >= 15 is 0 Å². The number of hydrogen-bond donors (Lipinski definition) is 3. The summed E-state index contributed by atoms with van der Waals surface area (Å²) in [7, 11) is 0. The first-order valence-electron chi connectivity index (χ1n) is 13.4. The Labute approximate surface area is 222 Å². The zero-order chi connectivity index (χ0) is 26.6. The summed E-state index contributed by atoms with van der Waals surface area (Å²) >= 11 is 0. The number of hydroxylamine groups is 1. The van der Waals surface area contributed by atoms with Crippen LogP contribution in [0.5, 0.6) is 0 Å². The quantitative estimate of drug-likeness (QED) is 0.214. The molecule has 0 bridgehead atoms. The molecule has 2 aromatic rings. The zero-order valence-electron chi connectivity index (χ0n) is 21.7. The van der Waals surface area contributed by atoms with Crippen LogP contribution in [0.1, 0.15) is 44.9 Å². The first-order valence-corrected chi connectivity index (χ1v) is 13.4. The Morgan fingerprint density at radius 2 is 1.24 bits per heavy atom. The van der Waals surface area contributed by atoms with E-state index in [0.717, 1.165) is 69.5 Å². The van der Waals surface area contributed by atoms with E-state index in [2.05, 4.69) is 15.1 Å². The summed E-state index contributed by atoms with van der Waals surface area (Å²) in [4.78, 5) is 41.9. The van der Waals surface area contributed by atoms with E-state index in [1.165, 1.54) is 0 Å². The van der Waals surface area contributed by atoms with Gasteiger partial charge in [0.2, 0.25) is 23.7 Å². The van der Waals surface area contributed by atoms with E-state index in [0.29, 0.717) is 57.0 Å². The van der Waals surface area contributed by atoms with Crippen molar-refractivity contribution in [2.24, 2.45) is 0 Å². The lowest BCUT2D eigenvalue weighted by molar-refractivity contribution is -0.129. The van der Waals surface area contributed by atoms with Crippen LogP contribution in [0.3, 0.4) is 0 Å². The third-order valence-corrected chi connectivity index (χ3v) is 6.56. The molecule has 0 saturated carbocycles. The van der Waals surface area contributed by atoms with Gasteiger partial charge in [-0.1, -0.05) is 19.3 Å². The summed E-state index contributed by atoms with van der Waals surface area (Å²) in [6.07, 6.45) is 5.05. The minimum absolute atomic E-state index is 0.0261. The highest BCUT2D eigenvalue weighted by molar-refractivity contribution is 5.90. The van der Waals surface area contributed by atoms with Crippen molar-refractivity contribution in [3.8, 4) is 11.4 Å². The molecule has 3 heterocycles. The van der Waals surface area contributed by atoms with Crippen molar-refractivity contribution in [1.82, 2.24) is 20.4 Å². The SMILES string of the molecule is O=C(CCCCCCCC(=O)Nc1ccc(-c2nc(N3CCOCC3)nc(N3CCOCC3)n2)cc1)NO. The molecule has 4 rings (SSSR count). The van der Waals surface area contributed by atoms with Gasteiger partial charge in [-0.3, -0.25) is 14.8 Å². The van der Waals surface area contributed by atoms with E-state index in [1.807, 2.05) is 24.3 Å². The molecule has 0 aliphatic carbocycles. The Hall–Kier alpha value is -3.35. The average molecular weight is 528 g/mol. The molecule has 0 atom stereocenters. The van der Waals surface area contributed by atoms with Crippen molar-refractivity contribution in [1.29, 1.82) is 0 Å². The van der Waals surface area contributed by atoms with Crippen LogP contribution in [0.25, 0.3) is 11.4 Å². The van der Waals surface area contributed by atoms with Gasteiger partial charge in [0.25, 0.3) is 0 Å². The molecule has 2 amide bonds. The Morgan fingerprint density at radius 1 is 0.737 bits per heavy atom. The van der Waals surface area contributed by atoms with Gasteiger partial charge < -0.3 is 24.6 Å². The first-order chi connectivity index (χ1) is 18.6. The number of ether oxygens (including phenoxy) is 2. The number of aromatic nitrogens is 3. The number of rotatable bonds is 12. The zero-order valence-corrected chi connectivity index (χ0v) is 21.7. The molecule has 1 aromatic carbocycles. The normalized spacial score (nSPS) is 15.8. The van der Waals surface area contributed by atoms with Gasteiger partial charge in [0, 0.05) is 50.3 Å². The van der Waals surface area contributed by atoms with Gasteiger partial charge >= 0.3 is 0 Å². The second-order valence-electron chi connectivity index (χ2n) is 9.39. The fourth-order valence-electron chi connectivity index (χ4n) is 4.38. The van der Waals surface area contributed by atoms with Gasteiger partial charge in [0.15, 0.2) is 5.82 Å². The molecule has 0 spiro atoms. The average Bonchev–Trinajstić information content (AvgIpc) is 2.97. The Morgan fingerprint density at radius 3 is 1.76 bits per heavy atom. The minimum Gasteiger partial charge on any atom is -0.378 e. The van der Waals surface area contributed by atoms with Gasteiger partial charge in [-0.2, -0.15) is 15.0 Å². The van der Waals surface area contributed by atoms with Crippen molar-refractivity contribution in [2.45, 2.75) is 44.9 Å². The lowest BCUT2D eigenvalue weighted by Crippen LogP contribution is -2.40. The maximum atomic E-state index is 12.4. The van der Waals surface area contributed by atoms with Gasteiger partial charge in [0.05, 0.1) is 26.4 Å². The maximum Gasteiger partial charge on any atom is 0.243 e. The molecule has 0 unspecified atom stereocenters. The molecule has 38 heavy (non-hydrogen) atoms. The van der Waals surface area contributed by atoms with Crippen molar-refractivity contribution in [3.63, 3.8) is 0 Å². The van der Waals surface area contributed by atoms with Crippen LogP contribution in [-0.4, -0.2) is 84.6 Å². The molecule has 12 heteroatoms. The predicted octanol–water partition coefficient (Wildman–Crippen LogP) is 2.39. The third kappa shape index (κ3) is 8.33. The van der Waals surface area contributed by atoms with Gasteiger partial charge in [-0.05, 0) is 37.1 Å². The van der Waals surface area contributed by atoms with Crippen LogP contribution in [0.2, 0.25) is 0 Å². The molecule has 2 fully saturated rings. The van der Waals surface area contributed by atoms with E-state index < -0.39 is 0 Å². The smallest absolute Gasteiger partial charge is 0.243 e. The number of carbonyl (C=O) groups excluding carboxylic acids is 2. The fourth-order valence-corrected chi connectivity index (χ4v) is 4.38. The number of unbranched alkanes of at least 4 members (excludes halogenated alkanes) is 4. The van der Waals surface area contributed by atoms with Crippen molar-refractivity contribution in [2.75, 3.05) is 67.7 Å². The summed E-state index contributed by atoms with van der Waals surface area (Å²) in [5.41, 5.74) is 3.21. The largest absolute Gasteiger partial charge is 0.378 e. The molecule has 206 valence electrons. The molecule has 0 radical (unpaired) electrons. The lowest BCUT2D eigenvalue weighted by Gasteiger charge is -2.30.